The third kappa shape index (κ3) is 2.21. The largest absolute Gasteiger partial charge is 0.366 e. The molecule has 3 rings (SSSR count). The molecule has 17 heavy (non-hydrogen) atoms. The van der Waals surface area contributed by atoms with Crippen LogP contribution in [0.1, 0.15) is 12.8 Å². The molecule has 1 aliphatic heterocycles. The summed E-state index contributed by atoms with van der Waals surface area (Å²) in [5, 5.41) is 15.6. The Morgan fingerprint density at radius 2 is 2.12 bits per heavy atom. The summed E-state index contributed by atoms with van der Waals surface area (Å²) in [6, 6.07) is 4.41. The molecule has 0 saturated carbocycles. The molecule has 0 amide bonds. The van der Waals surface area contributed by atoms with E-state index < -0.39 is 0 Å². The van der Waals surface area contributed by atoms with Gasteiger partial charge in [0.1, 0.15) is 12.1 Å². The maximum Gasteiger partial charge on any atom is 0.177 e. The lowest BCUT2D eigenvalue weighted by atomic mass is 10.1. The lowest BCUT2D eigenvalue weighted by Gasteiger charge is -2.29. The van der Waals surface area contributed by atoms with E-state index in [9.17, 15) is 0 Å². The van der Waals surface area contributed by atoms with Gasteiger partial charge in [0.15, 0.2) is 5.65 Å². The number of rotatable bonds is 2. The van der Waals surface area contributed by atoms with Crippen LogP contribution in [0, 0.1) is 0 Å². The quantitative estimate of drug-likeness (QED) is 0.823. The number of hydrogen-bond acceptors (Lipinski definition) is 5. The summed E-state index contributed by atoms with van der Waals surface area (Å²) in [6.07, 6.45) is 3.95. The van der Waals surface area contributed by atoms with Gasteiger partial charge in [-0.1, -0.05) is 0 Å². The highest BCUT2D eigenvalue weighted by Crippen LogP contribution is 2.14. The van der Waals surface area contributed by atoms with Crippen molar-refractivity contribution < 1.29 is 0 Å². The molecule has 0 aliphatic carbocycles. The van der Waals surface area contributed by atoms with Crippen LogP contribution in [-0.2, 0) is 0 Å². The second-order valence-corrected chi connectivity index (χ2v) is 4.57. The van der Waals surface area contributed by atoms with Gasteiger partial charge in [0.25, 0.3) is 0 Å². The lowest BCUT2D eigenvalue weighted by molar-refractivity contribution is 0.263. The molecule has 90 valence electrons. The fraction of sp³-hybridized carbons (Fsp3) is 0.545. The predicted molar refractivity (Wildman–Crippen MR) is 64.9 cm³/mol. The van der Waals surface area contributed by atoms with Gasteiger partial charge in [-0.3, -0.25) is 0 Å². The monoisotopic (exact) mass is 232 g/mol. The van der Waals surface area contributed by atoms with Gasteiger partial charge in [-0.05, 0) is 45.1 Å². The van der Waals surface area contributed by atoms with E-state index in [-0.39, 0.29) is 0 Å². The topological polar surface area (TPSA) is 58.3 Å². The Labute approximate surface area is 99.6 Å². The van der Waals surface area contributed by atoms with Gasteiger partial charge in [0.05, 0.1) is 0 Å². The Kier molecular flexibility index (Phi) is 2.64. The van der Waals surface area contributed by atoms with Crippen molar-refractivity contribution in [3.05, 3.63) is 18.5 Å². The number of anilines is 1. The van der Waals surface area contributed by atoms with Crippen molar-refractivity contribution >= 4 is 11.5 Å². The SMILES string of the molecule is CN1CCC(Nc2ccc3nncn3n2)CC1. The number of fused-ring (bicyclic) bond motifs is 1. The number of nitrogens with one attached hydrogen (secondary N) is 1. The Morgan fingerprint density at radius 1 is 1.29 bits per heavy atom. The number of likely N-dealkylation sites (tertiary alicyclic amines) is 1. The minimum Gasteiger partial charge on any atom is -0.366 e. The molecule has 0 bridgehead atoms. The van der Waals surface area contributed by atoms with Crippen LogP contribution >= 0.6 is 0 Å². The van der Waals surface area contributed by atoms with Crippen LogP contribution in [0.3, 0.4) is 0 Å². The van der Waals surface area contributed by atoms with E-state index in [0.29, 0.717) is 6.04 Å². The Bertz CT molecular complexity index is 499. The molecule has 1 saturated heterocycles. The van der Waals surface area contributed by atoms with Crippen LogP contribution in [0.25, 0.3) is 5.65 Å². The summed E-state index contributed by atoms with van der Waals surface area (Å²) in [5.41, 5.74) is 0.777. The van der Waals surface area contributed by atoms with Gasteiger partial charge in [-0.15, -0.1) is 15.3 Å². The second-order valence-electron chi connectivity index (χ2n) is 4.57. The van der Waals surface area contributed by atoms with E-state index in [1.807, 2.05) is 12.1 Å². The van der Waals surface area contributed by atoms with Crippen LogP contribution in [0.2, 0.25) is 0 Å². The molecule has 0 atom stereocenters. The zero-order valence-electron chi connectivity index (χ0n) is 9.87. The van der Waals surface area contributed by atoms with E-state index in [4.69, 9.17) is 0 Å². The molecular weight excluding hydrogens is 216 g/mol. The molecule has 3 heterocycles. The fourth-order valence-electron chi connectivity index (χ4n) is 2.17. The lowest BCUT2D eigenvalue weighted by Crippen LogP contribution is -2.36. The van der Waals surface area contributed by atoms with E-state index in [1.165, 1.54) is 12.8 Å². The molecule has 6 heteroatoms. The summed E-state index contributed by atoms with van der Waals surface area (Å²) in [4.78, 5) is 2.36. The zero-order chi connectivity index (χ0) is 11.7. The molecule has 1 fully saturated rings. The Hall–Kier alpha value is -1.69. The molecule has 2 aromatic heterocycles. The standard InChI is InChI=1S/C11H16N6/c1-16-6-4-9(5-7-16)13-10-2-3-11-14-12-8-17(11)15-10/h2-3,8-9H,4-7H2,1H3,(H,13,15). The minimum absolute atomic E-state index is 0.521. The summed E-state index contributed by atoms with van der Waals surface area (Å²) in [6.45, 7) is 2.29. The first-order valence-corrected chi connectivity index (χ1v) is 5.93. The number of hydrogen-bond donors (Lipinski definition) is 1. The van der Waals surface area contributed by atoms with Crippen molar-refractivity contribution in [3.63, 3.8) is 0 Å². The zero-order valence-corrected chi connectivity index (χ0v) is 9.87. The predicted octanol–water partition coefficient (Wildman–Crippen LogP) is 0.630. The number of piperidine rings is 1. The maximum atomic E-state index is 4.42. The van der Waals surface area contributed by atoms with Crippen LogP contribution in [0.5, 0.6) is 0 Å². The molecule has 0 unspecified atom stereocenters. The van der Waals surface area contributed by atoms with Crippen molar-refractivity contribution in [2.75, 3.05) is 25.5 Å². The average molecular weight is 232 g/mol. The molecule has 6 nitrogen and oxygen atoms in total. The number of aromatic nitrogens is 4. The van der Waals surface area contributed by atoms with Crippen LogP contribution in [-0.4, -0.2) is 50.9 Å². The Morgan fingerprint density at radius 3 is 2.94 bits per heavy atom. The molecular formula is C11H16N6. The second kappa shape index (κ2) is 4.29. The summed E-state index contributed by atoms with van der Waals surface area (Å²) in [5.74, 6) is 0.895. The fourth-order valence-corrected chi connectivity index (χ4v) is 2.17. The first-order chi connectivity index (χ1) is 8.31. The normalized spacial score (nSPS) is 18.6. The third-order valence-electron chi connectivity index (χ3n) is 3.23. The van der Waals surface area contributed by atoms with Gasteiger partial charge in [-0.25, -0.2) is 0 Å². The Balaban J connectivity index is 1.71. The average Bonchev–Trinajstić information content (AvgIpc) is 2.79. The molecule has 0 radical (unpaired) electrons. The van der Waals surface area contributed by atoms with Gasteiger partial charge in [0.2, 0.25) is 0 Å². The van der Waals surface area contributed by atoms with E-state index in [1.54, 1.807) is 10.8 Å². The first kappa shape index (κ1) is 10.5. The van der Waals surface area contributed by atoms with Gasteiger partial charge in [0, 0.05) is 6.04 Å². The summed E-state index contributed by atoms with van der Waals surface area (Å²) < 4.78 is 1.69. The highest BCUT2D eigenvalue weighted by Gasteiger charge is 2.16. The molecule has 0 aromatic carbocycles. The van der Waals surface area contributed by atoms with Crippen LogP contribution < -0.4 is 5.32 Å². The maximum absolute atomic E-state index is 4.42. The van der Waals surface area contributed by atoms with Crippen LogP contribution in [0.4, 0.5) is 5.82 Å². The highest BCUT2D eigenvalue weighted by molar-refractivity contribution is 5.43. The van der Waals surface area contributed by atoms with Crippen molar-refractivity contribution in [2.24, 2.45) is 0 Å². The number of nitrogens with zero attached hydrogens (tertiary/aromatic N) is 5. The third-order valence-corrected chi connectivity index (χ3v) is 3.23. The van der Waals surface area contributed by atoms with Gasteiger partial charge >= 0.3 is 0 Å². The van der Waals surface area contributed by atoms with Crippen molar-refractivity contribution in [1.29, 1.82) is 0 Å². The molecule has 2 aromatic rings. The van der Waals surface area contributed by atoms with E-state index in [2.05, 4.69) is 32.6 Å². The van der Waals surface area contributed by atoms with Crippen molar-refractivity contribution in [2.45, 2.75) is 18.9 Å². The first-order valence-electron chi connectivity index (χ1n) is 5.93. The smallest absolute Gasteiger partial charge is 0.177 e. The van der Waals surface area contributed by atoms with Crippen LogP contribution in [0.15, 0.2) is 18.5 Å². The molecule has 1 aliphatic rings. The van der Waals surface area contributed by atoms with Crippen molar-refractivity contribution in [3.8, 4) is 0 Å². The van der Waals surface area contributed by atoms with Gasteiger partial charge < -0.3 is 10.2 Å². The highest BCUT2D eigenvalue weighted by atomic mass is 15.4. The van der Waals surface area contributed by atoms with E-state index >= 15 is 0 Å². The van der Waals surface area contributed by atoms with Gasteiger partial charge in [-0.2, -0.15) is 4.52 Å². The van der Waals surface area contributed by atoms with Crippen molar-refractivity contribution in [1.82, 2.24) is 24.7 Å². The minimum atomic E-state index is 0.521. The molecule has 1 N–H and O–H groups in total. The summed E-state index contributed by atoms with van der Waals surface area (Å²) in [7, 11) is 2.16. The molecule has 0 spiro atoms. The van der Waals surface area contributed by atoms with E-state index in [0.717, 1.165) is 24.6 Å². The summed E-state index contributed by atoms with van der Waals surface area (Å²) >= 11 is 0.